The number of rotatable bonds is 2. The van der Waals surface area contributed by atoms with Crippen LogP contribution < -0.4 is 4.74 Å². The highest BCUT2D eigenvalue weighted by Crippen LogP contribution is 2.19. The Bertz CT molecular complexity index is 341. The average molecular weight is 225 g/mol. The Morgan fingerprint density at radius 3 is 2.69 bits per heavy atom. The lowest BCUT2D eigenvalue weighted by atomic mass is 10.1. The van der Waals surface area contributed by atoms with Gasteiger partial charge < -0.3 is 14.7 Å². The van der Waals surface area contributed by atoms with Gasteiger partial charge >= 0.3 is 0 Å². The van der Waals surface area contributed by atoms with Crippen molar-refractivity contribution in [3.63, 3.8) is 0 Å². The number of piperidine rings is 1. The molecule has 1 aliphatic rings. The first kappa shape index (κ1) is 11.4. The molecule has 1 aliphatic heterocycles. The topological polar surface area (TPSA) is 32.7 Å². The first-order valence-electron chi connectivity index (χ1n) is 5.44. The lowest BCUT2D eigenvalue weighted by Crippen LogP contribution is -2.47. The van der Waals surface area contributed by atoms with Gasteiger partial charge in [-0.2, -0.15) is 0 Å². The molecule has 4 heteroatoms. The molecule has 0 saturated carbocycles. The summed E-state index contributed by atoms with van der Waals surface area (Å²) in [6, 6.07) is 5.88. The third kappa shape index (κ3) is 2.71. The van der Waals surface area contributed by atoms with Crippen LogP contribution in [0.1, 0.15) is 6.42 Å². The zero-order valence-electron chi connectivity index (χ0n) is 9.27. The molecule has 1 aromatic rings. The summed E-state index contributed by atoms with van der Waals surface area (Å²) in [5.74, 6) is 0.325. The fourth-order valence-electron chi connectivity index (χ4n) is 1.89. The van der Waals surface area contributed by atoms with Crippen molar-refractivity contribution < 1.29 is 14.2 Å². The number of aliphatic hydroxyl groups excluding tert-OH is 1. The Kier molecular flexibility index (Phi) is 3.41. The van der Waals surface area contributed by atoms with E-state index in [0.29, 0.717) is 12.3 Å². The molecule has 3 nitrogen and oxygen atoms in total. The minimum Gasteiger partial charge on any atom is -0.488 e. The zero-order valence-corrected chi connectivity index (χ0v) is 9.27. The number of β-amino-alcohol motifs (C(OH)–C–C–N with tert-alkyl or cyclic N) is 1. The maximum atomic E-state index is 12.7. The second-order valence-electron chi connectivity index (χ2n) is 4.23. The number of likely N-dealkylation sites (tertiary alicyclic amines) is 1. The monoisotopic (exact) mass is 225 g/mol. The predicted molar refractivity (Wildman–Crippen MR) is 58.9 cm³/mol. The summed E-state index contributed by atoms with van der Waals surface area (Å²) in [4.78, 5) is 2.06. The van der Waals surface area contributed by atoms with Gasteiger partial charge in [0.1, 0.15) is 23.8 Å². The van der Waals surface area contributed by atoms with Crippen LogP contribution in [0.15, 0.2) is 24.3 Å². The number of hydrogen-bond acceptors (Lipinski definition) is 3. The van der Waals surface area contributed by atoms with Crippen molar-refractivity contribution in [2.45, 2.75) is 18.6 Å². The van der Waals surface area contributed by atoms with E-state index < -0.39 is 6.10 Å². The molecule has 88 valence electrons. The number of halogens is 1. The summed E-state index contributed by atoms with van der Waals surface area (Å²) >= 11 is 0. The van der Waals surface area contributed by atoms with E-state index >= 15 is 0 Å². The molecule has 1 fully saturated rings. The van der Waals surface area contributed by atoms with Gasteiger partial charge in [0.05, 0.1) is 0 Å². The van der Waals surface area contributed by atoms with E-state index in [4.69, 9.17) is 4.74 Å². The molecule has 16 heavy (non-hydrogen) atoms. The Labute approximate surface area is 94.4 Å². The van der Waals surface area contributed by atoms with Gasteiger partial charge in [-0.1, -0.05) is 0 Å². The fourth-order valence-corrected chi connectivity index (χ4v) is 1.89. The van der Waals surface area contributed by atoms with Crippen molar-refractivity contribution in [2.75, 3.05) is 20.1 Å². The molecule has 2 atom stereocenters. The van der Waals surface area contributed by atoms with Crippen LogP contribution in [-0.2, 0) is 0 Å². The van der Waals surface area contributed by atoms with Crippen molar-refractivity contribution in [2.24, 2.45) is 0 Å². The molecule has 0 unspecified atom stereocenters. The molecule has 1 aromatic carbocycles. The number of aliphatic hydroxyl groups is 1. The lowest BCUT2D eigenvalue weighted by Gasteiger charge is -2.33. The van der Waals surface area contributed by atoms with Crippen LogP contribution in [0.3, 0.4) is 0 Å². The summed E-state index contributed by atoms with van der Waals surface area (Å²) in [5.41, 5.74) is 0. The largest absolute Gasteiger partial charge is 0.488 e. The van der Waals surface area contributed by atoms with E-state index in [0.717, 1.165) is 13.0 Å². The molecule has 1 saturated heterocycles. The molecule has 1 heterocycles. The van der Waals surface area contributed by atoms with Crippen LogP contribution in [0.2, 0.25) is 0 Å². The standard InChI is InChI=1S/C12H16FNO2/c1-14-7-6-12(11(15)8-14)16-10-4-2-9(13)3-5-10/h2-5,11-12,15H,6-8H2,1H3/t11-,12+/m0/s1. The SMILES string of the molecule is CN1CC[C@@H](Oc2ccc(F)cc2)[C@@H](O)C1. The van der Waals surface area contributed by atoms with Crippen LogP contribution >= 0.6 is 0 Å². The minimum absolute atomic E-state index is 0.193. The van der Waals surface area contributed by atoms with Crippen molar-refractivity contribution in [1.29, 1.82) is 0 Å². The Hall–Kier alpha value is -1.13. The summed E-state index contributed by atoms with van der Waals surface area (Å²) in [5, 5.41) is 9.81. The van der Waals surface area contributed by atoms with Gasteiger partial charge in [0.25, 0.3) is 0 Å². The minimum atomic E-state index is -0.483. The smallest absolute Gasteiger partial charge is 0.127 e. The van der Waals surface area contributed by atoms with Crippen LogP contribution in [0, 0.1) is 5.82 Å². The highest BCUT2D eigenvalue weighted by atomic mass is 19.1. The number of likely N-dealkylation sites (N-methyl/N-ethyl adjacent to an activating group) is 1. The third-order valence-corrected chi connectivity index (χ3v) is 2.82. The zero-order chi connectivity index (χ0) is 11.5. The number of benzene rings is 1. The molecule has 0 aromatic heterocycles. The lowest BCUT2D eigenvalue weighted by molar-refractivity contribution is -0.0182. The van der Waals surface area contributed by atoms with Gasteiger partial charge in [0.2, 0.25) is 0 Å². The van der Waals surface area contributed by atoms with Crippen molar-refractivity contribution >= 4 is 0 Å². The number of hydrogen-bond donors (Lipinski definition) is 1. The molecule has 0 bridgehead atoms. The Morgan fingerprint density at radius 2 is 2.06 bits per heavy atom. The highest BCUT2D eigenvalue weighted by Gasteiger charge is 2.27. The fraction of sp³-hybridized carbons (Fsp3) is 0.500. The van der Waals surface area contributed by atoms with E-state index in [9.17, 15) is 9.50 Å². The van der Waals surface area contributed by atoms with Gasteiger partial charge in [-0.25, -0.2) is 4.39 Å². The Morgan fingerprint density at radius 1 is 1.38 bits per heavy atom. The van der Waals surface area contributed by atoms with E-state index in [1.54, 1.807) is 12.1 Å². The first-order chi connectivity index (χ1) is 7.65. The van der Waals surface area contributed by atoms with E-state index in [1.165, 1.54) is 12.1 Å². The highest BCUT2D eigenvalue weighted by molar-refractivity contribution is 5.22. The first-order valence-corrected chi connectivity index (χ1v) is 5.44. The van der Waals surface area contributed by atoms with Gasteiger partial charge in [0.15, 0.2) is 0 Å². The average Bonchev–Trinajstić information content (AvgIpc) is 2.25. The summed E-state index contributed by atoms with van der Waals surface area (Å²) < 4.78 is 18.3. The van der Waals surface area contributed by atoms with Crippen molar-refractivity contribution in [1.82, 2.24) is 4.90 Å². The number of ether oxygens (including phenoxy) is 1. The van der Waals surface area contributed by atoms with Gasteiger partial charge in [-0.05, 0) is 37.7 Å². The van der Waals surface area contributed by atoms with Gasteiger partial charge in [-0.3, -0.25) is 0 Å². The molecule has 0 spiro atoms. The molecule has 0 radical (unpaired) electrons. The quantitative estimate of drug-likeness (QED) is 0.822. The normalized spacial score (nSPS) is 26.7. The molecule has 0 aliphatic carbocycles. The molecule has 0 amide bonds. The predicted octanol–water partition coefficient (Wildman–Crippen LogP) is 1.27. The second-order valence-corrected chi connectivity index (χ2v) is 4.23. The number of nitrogens with zero attached hydrogens (tertiary/aromatic N) is 1. The summed E-state index contributed by atoms with van der Waals surface area (Å²) in [7, 11) is 1.97. The van der Waals surface area contributed by atoms with E-state index in [2.05, 4.69) is 4.90 Å². The van der Waals surface area contributed by atoms with Crippen LogP contribution in [0.4, 0.5) is 4.39 Å². The maximum Gasteiger partial charge on any atom is 0.127 e. The molecular weight excluding hydrogens is 209 g/mol. The summed E-state index contributed by atoms with van der Waals surface area (Å²) in [6.07, 6.45) is 0.111. The molecule has 1 N–H and O–H groups in total. The van der Waals surface area contributed by atoms with Gasteiger partial charge in [0, 0.05) is 13.1 Å². The Balaban J connectivity index is 1.96. The van der Waals surface area contributed by atoms with E-state index in [-0.39, 0.29) is 11.9 Å². The maximum absolute atomic E-state index is 12.7. The van der Waals surface area contributed by atoms with Crippen LogP contribution in [0.25, 0.3) is 0 Å². The third-order valence-electron chi connectivity index (χ3n) is 2.82. The van der Waals surface area contributed by atoms with Gasteiger partial charge in [-0.15, -0.1) is 0 Å². The van der Waals surface area contributed by atoms with Crippen molar-refractivity contribution in [3.8, 4) is 5.75 Å². The molecular formula is C12H16FNO2. The molecule has 2 rings (SSSR count). The second kappa shape index (κ2) is 4.80. The van der Waals surface area contributed by atoms with Crippen LogP contribution in [0.5, 0.6) is 5.75 Å². The van der Waals surface area contributed by atoms with E-state index in [1.807, 2.05) is 7.05 Å². The summed E-state index contributed by atoms with van der Waals surface area (Å²) in [6.45, 7) is 1.52. The van der Waals surface area contributed by atoms with Crippen molar-refractivity contribution in [3.05, 3.63) is 30.1 Å². The van der Waals surface area contributed by atoms with Crippen LogP contribution in [-0.4, -0.2) is 42.4 Å².